The number of benzene rings is 2. The van der Waals surface area contributed by atoms with Crippen molar-refractivity contribution in [1.29, 1.82) is 0 Å². The molecule has 4 heteroatoms. The summed E-state index contributed by atoms with van der Waals surface area (Å²) in [5.74, 6) is 1.48. The van der Waals surface area contributed by atoms with Crippen LogP contribution in [0.2, 0.25) is 0 Å². The van der Waals surface area contributed by atoms with E-state index in [1.807, 2.05) is 18.2 Å². The summed E-state index contributed by atoms with van der Waals surface area (Å²) in [6.07, 6.45) is 1.96. The minimum atomic E-state index is 0.507. The second-order valence-electron chi connectivity index (χ2n) is 5.75. The molecule has 0 aliphatic rings. The van der Waals surface area contributed by atoms with Gasteiger partial charge in [-0.25, -0.2) is 9.97 Å². The van der Waals surface area contributed by atoms with E-state index in [9.17, 15) is 0 Å². The van der Waals surface area contributed by atoms with E-state index in [2.05, 4.69) is 47.2 Å². The van der Waals surface area contributed by atoms with E-state index in [-0.39, 0.29) is 0 Å². The molecule has 0 radical (unpaired) electrons. The number of hydrogen-bond donors (Lipinski definition) is 2. The highest BCUT2D eigenvalue weighted by Gasteiger charge is 2.12. The van der Waals surface area contributed by atoms with E-state index in [0.29, 0.717) is 5.82 Å². The molecule has 0 aliphatic heterocycles. The average Bonchev–Trinajstić information content (AvgIpc) is 3.00. The lowest BCUT2D eigenvalue weighted by molar-refractivity contribution is 0.862. The lowest BCUT2D eigenvalue weighted by atomic mass is 10.0. The number of pyridine rings is 1. The van der Waals surface area contributed by atoms with Gasteiger partial charge in [-0.05, 0) is 29.7 Å². The summed E-state index contributed by atoms with van der Waals surface area (Å²) in [4.78, 5) is 12.6. The van der Waals surface area contributed by atoms with Gasteiger partial charge < -0.3 is 10.7 Å². The van der Waals surface area contributed by atoms with E-state index in [1.165, 1.54) is 5.56 Å². The third-order valence-corrected chi connectivity index (χ3v) is 4.10. The number of H-pyrrole nitrogens is 1. The first-order valence-electron chi connectivity index (χ1n) is 7.89. The second kappa shape index (κ2) is 5.39. The maximum absolute atomic E-state index is 6.14. The normalized spacial score (nSPS) is 11.3. The van der Waals surface area contributed by atoms with Crippen LogP contribution in [-0.2, 0) is 6.42 Å². The van der Waals surface area contributed by atoms with Gasteiger partial charge in [0.25, 0.3) is 0 Å². The summed E-state index contributed by atoms with van der Waals surface area (Å²) < 4.78 is 0. The molecule has 0 bridgehead atoms. The topological polar surface area (TPSA) is 67.6 Å². The fourth-order valence-corrected chi connectivity index (χ4v) is 2.98. The number of aromatic nitrogens is 3. The van der Waals surface area contributed by atoms with Crippen LogP contribution in [0, 0.1) is 0 Å². The molecule has 2 aromatic carbocycles. The summed E-state index contributed by atoms with van der Waals surface area (Å²) in [6, 6.07) is 16.6. The van der Waals surface area contributed by atoms with Gasteiger partial charge >= 0.3 is 0 Å². The molecule has 0 amide bonds. The van der Waals surface area contributed by atoms with Gasteiger partial charge in [0.1, 0.15) is 22.7 Å². The Hall–Kier alpha value is -2.88. The van der Waals surface area contributed by atoms with Crippen LogP contribution in [-0.4, -0.2) is 15.0 Å². The SMILES string of the molecule is CCCc1nc2c([nH]1)c(N)nc1cc(-c3ccccc3)ccc12. The van der Waals surface area contributed by atoms with E-state index >= 15 is 0 Å². The van der Waals surface area contributed by atoms with Crippen LogP contribution < -0.4 is 5.73 Å². The lowest BCUT2D eigenvalue weighted by Gasteiger charge is -2.05. The maximum Gasteiger partial charge on any atom is 0.150 e. The number of imidazole rings is 1. The second-order valence-corrected chi connectivity index (χ2v) is 5.75. The van der Waals surface area contributed by atoms with E-state index in [0.717, 1.165) is 46.2 Å². The van der Waals surface area contributed by atoms with Gasteiger partial charge in [-0.2, -0.15) is 0 Å². The Morgan fingerprint density at radius 2 is 1.83 bits per heavy atom. The van der Waals surface area contributed by atoms with E-state index in [1.54, 1.807) is 0 Å². The Kier molecular flexibility index (Phi) is 3.23. The van der Waals surface area contributed by atoms with Crippen molar-refractivity contribution >= 4 is 27.8 Å². The average molecular weight is 302 g/mol. The number of nitrogen functional groups attached to an aromatic ring is 1. The molecule has 0 unspecified atom stereocenters. The van der Waals surface area contributed by atoms with Crippen molar-refractivity contribution in [2.24, 2.45) is 0 Å². The standard InChI is InChI=1S/C19H18N4/c1-2-6-16-22-17-14-10-9-13(12-7-4-3-5-8-12)11-15(14)21-19(20)18(17)23-16/h3-5,7-11H,2,6H2,1H3,(H2,20,21)(H,22,23). The predicted molar refractivity (Wildman–Crippen MR) is 95.2 cm³/mol. The van der Waals surface area contributed by atoms with Gasteiger partial charge in [-0.3, -0.25) is 0 Å². The van der Waals surface area contributed by atoms with Crippen LogP contribution in [0.1, 0.15) is 19.2 Å². The number of anilines is 1. The van der Waals surface area contributed by atoms with Crippen LogP contribution in [0.25, 0.3) is 33.1 Å². The molecule has 4 rings (SSSR count). The van der Waals surface area contributed by atoms with Crippen molar-refractivity contribution in [2.45, 2.75) is 19.8 Å². The lowest BCUT2D eigenvalue weighted by Crippen LogP contribution is -1.93. The summed E-state index contributed by atoms with van der Waals surface area (Å²) in [6.45, 7) is 2.14. The molecule has 0 saturated heterocycles. The molecule has 114 valence electrons. The number of nitrogens with two attached hydrogens (primary N) is 1. The van der Waals surface area contributed by atoms with Gasteiger partial charge in [0.05, 0.1) is 5.52 Å². The summed E-state index contributed by atoms with van der Waals surface area (Å²) in [5, 5.41) is 1.03. The fraction of sp³-hybridized carbons (Fsp3) is 0.158. The number of fused-ring (bicyclic) bond motifs is 3. The Labute approximate surface area is 134 Å². The molecule has 23 heavy (non-hydrogen) atoms. The van der Waals surface area contributed by atoms with Crippen LogP contribution in [0.15, 0.2) is 48.5 Å². The first-order valence-corrected chi connectivity index (χ1v) is 7.89. The van der Waals surface area contributed by atoms with Crippen molar-refractivity contribution in [1.82, 2.24) is 15.0 Å². The van der Waals surface area contributed by atoms with Crippen LogP contribution in [0.5, 0.6) is 0 Å². The monoisotopic (exact) mass is 302 g/mol. The Balaban J connectivity index is 1.94. The Bertz CT molecular complexity index is 987. The highest BCUT2D eigenvalue weighted by atomic mass is 15.0. The number of nitrogens with one attached hydrogen (secondary N) is 1. The fourth-order valence-electron chi connectivity index (χ4n) is 2.98. The van der Waals surface area contributed by atoms with Crippen molar-refractivity contribution in [3.05, 3.63) is 54.4 Å². The first kappa shape index (κ1) is 13.8. The molecule has 0 fully saturated rings. The van der Waals surface area contributed by atoms with Crippen LogP contribution in [0.4, 0.5) is 5.82 Å². The molecule has 2 aromatic heterocycles. The van der Waals surface area contributed by atoms with Gasteiger partial charge in [0, 0.05) is 11.8 Å². The highest BCUT2D eigenvalue weighted by molar-refractivity contribution is 6.07. The first-order chi connectivity index (χ1) is 11.3. The van der Waals surface area contributed by atoms with Crippen molar-refractivity contribution in [2.75, 3.05) is 5.73 Å². The molecule has 0 aliphatic carbocycles. The third kappa shape index (κ3) is 2.32. The number of aromatic amines is 1. The number of rotatable bonds is 3. The number of nitrogens with zero attached hydrogens (tertiary/aromatic N) is 2. The molecule has 0 atom stereocenters. The Morgan fingerprint density at radius 1 is 1.00 bits per heavy atom. The molecule has 4 aromatic rings. The van der Waals surface area contributed by atoms with Crippen molar-refractivity contribution in [3.8, 4) is 11.1 Å². The van der Waals surface area contributed by atoms with Gasteiger partial charge in [-0.15, -0.1) is 0 Å². The number of hydrogen-bond acceptors (Lipinski definition) is 3. The van der Waals surface area contributed by atoms with Crippen LogP contribution >= 0.6 is 0 Å². The van der Waals surface area contributed by atoms with E-state index < -0.39 is 0 Å². The predicted octanol–water partition coefficient (Wildman–Crippen LogP) is 4.31. The summed E-state index contributed by atoms with van der Waals surface area (Å²) in [5.41, 5.74) is 11.1. The minimum Gasteiger partial charge on any atom is -0.382 e. The Morgan fingerprint density at radius 3 is 2.61 bits per heavy atom. The zero-order chi connectivity index (χ0) is 15.8. The van der Waals surface area contributed by atoms with Crippen LogP contribution in [0.3, 0.4) is 0 Å². The maximum atomic E-state index is 6.14. The zero-order valence-corrected chi connectivity index (χ0v) is 13.0. The minimum absolute atomic E-state index is 0.507. The quantitative estimate of drug-likeness (QED) is 0.592. The zero-order valence-electron chi connectivity index (χ0n) is 13.0. The summed E-state index contributed by atoms with van der Waals surface area (Å²) >= 11 is 0. The molecule has 4 nitrogen and oxygen atoms in total. The summed E-state index contributed by atoms with van der Waals surface area (Å²) in [7, 11) is 0. The molecular weight excluding hydrogens is 284 g/mol. The largest absolute Gasteiger partial charge is 0.382 e. The van der Waals surface area contributed by atoms with E-state index in [4.69, 9.17) is 10.7 Å². The van der Waals surface area contributed by atoms with Gasteiger partial charge in [0.15, 0.2) is 0 Å². The van der Waals surface area contributed by atoms with Crippen molar-refractivity contribution < 1.29 is 0 Å². The molecule has 0 saturated carbocycles. The smallest absolute Gasteiger partial charge is 0.150 e. The molecule has 3 N–H and O–H groups in total. The number of aryl methyl sites for hydroxylation is 1. The highest BCUT2D eigenvalue weighted by Crippen LogP contribution is 2.30. The van der Waals surface area contributed by atoms with Gasteiger partial charge in [0.2, 0.25) is 0 Å². The molecular formula is C19H18N4. The third-order valence-electron chi connectivity index (χ3n) is 4.10. The molecule has 2 heterocycles. The van der Waals surface area contributed by atoms with Crippen molar-refractivity contribution in [3.63, 3.8) is 0 Å². The van der Waals surface area contributed by atoms with Gasteiger partial charge in [-0.1, -0.05) is 43.3 Å². The molecule has 0 spiro atoms.